The van der Waals surface area contributed by atoms with E-state index in [2.05, 4.69) is 17.4 Å². The zero-order valence-electron chi connectivity index (χ0n) is 13.7. The minimum absolute atomic E-state index is 0.462. The fraction of sp³-hybridized carbons (Fsp3) is 0.143. The first-order chi connectivity index (χ1) is 12.2. The van der Waals surface area contributed by atoms with Crippen LogP contribution in [0.2, 0.25) is 10.0 Å². The van der Waals surface area contributed by atoms with Gasteiger partial charge in [0.25, 0.3) is 0 Å². The molecule has 0 aliphatic heterocycles. The molecule has 128 valence electrons. The van der Waals surface area contributed by atoms with Gasteiger partial charge in [-0.15, -0.1) is 0 Å². The average Bonchev–Trinajstić information content (AvgIpc) is 2.64. The first kappa shape index (κ1) is 17.8. The molecule has 1 N–H and O–H groups in total. The summed E-state index contributed by atoms with van der Waals surface area (Å²) in [6.45, 7) is 1.98. The molecule has 0 amide bonds. The number of rotatable bonds is 7. The molecule has 3 aromatic rings. The Morgan fingerprint density at radius 1 is 0.680 bits per heavy atom. The third-order valence-corrected chi connectivity index (χ3v) is 4.62. The number of ether oxygens (including phenoxy) is 1. The highest BCUT2D eigenvalue weighted by Crippen LogP contribution is 2.19. The summed E-state index contributed by atoms with van der Waals surface area (Å²) in [4.78, 5) is 0. The van der Waals surface area contributed by atoms with Crippen LogP contribution < -0.4 is 10.1 Å². The lowest BCUT2D eigenvalue weighted by Crippen LogP contribution is -2.12. The van der Waals surface area contributed by atoms with Crippen molar-refractivity contribution >= 4 is 23.2 Å². The van der Waals surface area contributed by atoms with Gasteiger partial charge in [-0.2, -0.15) is 0 Å². The van der Waals surface area contributed by atoms with Crippen LogP contribution in [-0.2, 0) is 19.7 Å². The summed E-state index contributed by atoms with van der Waals surface area (Å²) in [7, 11) is 0. The molecule has 0 radical (unpaired) electrons. The van der Waals surface area contributed by atoms with Gasteiger partial charge in [0.05, 0.1) is 0 Å². The van der Waals surface area contributed by atoms with E-state index in [0.29, 0.717) is 6.61 Å². The van der Waals surface area contributed by atoms with E-state index in [9.17, 15) is 0 Å². The standard InChI is InChI=1S/C21H19Cl2NO/c22-20-7-3-1-5-17(20)14-24-13-16-9-11-19(12-10-16)25-15-18-6-2-4-8-21(18)23/h1-12,24H,13-15H2. The summed E-state index contributed by atoms with van der Waals surface area (Å²) in [5.74, 6) is 0.828. The Morgan fingerprint density at radius 2 is 1.28 bits per heavy atom. The molecule has 4 heteroatoms. The highest BCUT2D eigenvalue weighted by molar-refractivity contribution is 6.31. The number of halogens is 2. The molecular formula is C21H19Cl2NO. The van der Waals surface area contributed by atoms with Crippen molar-refractivity contribution in [1.29, 1.82) is 0 Å². The van der Waals surface area contributed by atoms with Gasteiger partial charge in [0.15, 0.2) is 0 Å². The van der Waals surface area contributed by atoms with E-state index >= 15 is 0 Å². The van der Waals surface area contributed by atoms with Gasteiger partial charge in [0, 0.05) is 28.7 Å². The minimum Gasteiger partial charge on any atom is -0.489 e. The molecule has 3 aromatic carbocycles. The third kappa shape index (κ3) is 5.23. The monoisotopic (exact) mass is 371 g/mol. The molecule has 0 aliphatic carbocycles. The zero-order chi connectivity index (χ0) is 17.5. The summed E-state index contributed by atoms with van der Waals surface area (Å²) < 4.78 is 5.80. The Balaban J connectivity index is 1.49. The smallest absolute Gasteiger partial charge is 0.119 e. The molecule has 3 rings (SSSR count). The van der Waals surface area contributed by atoms with E-state index in [1.54, 1.807) is 0 Å². The molecule has 0 fully saturated rings. The van der Waals surface area contributed by atoms with Gasteiger partial charge in [-0.3, -0.25) is 0 Å². The van der Waals surface area contributed by atoms with Crippen LogP contribution in [-0.4, -0.2) is 0 Å². The SMILES string of the molecule is Clc1ccccc1CNCc1ccc(OCc2ccccc2Cl)cc1. The molecule has 0 aromatic heterocycles. The highest BCUT2D eigenvalue weighted by Gasteiger charge is 2.02. The molecule has 0 aliphatic rings. The lowest BCUT2D eigenvalue weighted by Gasteiger charge is -2.09. The summed E-state index contributed by atoms with van der Waals surface area (Å²) in [5, 5.41) is 4.92. The van der Waals surface area contributed by atoms with Crippen LogP contribution in [0.3, 0.4) is 0 Å². The number of benzene rings is 3. The van der Waals surface area contributed by atoms with Crippen molar-refractivity contribution in [2.75, 3.05) is 0 Å². The van der Waals surface area contributed by atoms with E-state index in [4.69, 9.17) is 27.9 Å². The Kier molecular flexibility index (Phi) is 6.35. The van der Waals surface area contributed by atoms with E-state index in [-0.39, 0.29) is 0 Å². The number of hydrogen-bond donors (Lipinski definition) is 1. The largest absolute Gasteiger partial charge is 0.489 e. The molecule has 0 saturated heterocycles. The first-order valence-electron chi connectivity index (χ1n) is 8.11. The van der Waals surface area contributed by atoms with Crippen LogP contribution in [0.4, 0.5) is 0 Å². The van der Waals surface area contributed by atoms with Crippen molar-refractivity contribution in [1.82, 2.24) is 5.32 Å². The predicted molar refractivity (Wildman–Crippen MR) is 104 cm³/mol. The second-order valence-corrected chi connectivity index (χ2v) is 6.53. The topological polar surface area (TPSA) is 21.3 Å². The molecule has 0 atom stereocenters. The van der Waals surface area contributed by atoms with Gasteiger partial charge >= 0.3 is 0 Å². The third-order valence-electron chi connectivity index (χ3n) is 3.88. The average molecular weight is 372 g/mol. The maximum absolute atomic E-state index is 6.16. The highest BCUT2D eigenvalue weighted by atomic mass is 35.5. The Labute approximate surface area is 158 Å². The molecule has 0 heterocycles. The molecule has 0 unspecified atom stereocenters. The van der Waals surface area contributed by atoms with Gasteiger partial charge in [0.1, 0.15) is 12.4 Å². The molecular weight excluding hydrogens is 353 g/mol. The van der Waals surface area contributed by atoms with Crippen LogP contribution in [0.15, 0.2) is 72.8 Å². The second-order valence-electron chi connectivity index (χ2n) is 5.72. The van der Waals surface area contributed by atoms with Crippen molar-refractivity contribution in [3.05, 3.63) is 99.5 Å². The van der Waals surface area contributed by atoms with E-state index in [1.807, 2.05) is 60.7 Å². The van der Waals surface area contributed by atoms with Crippen molar-refractivity contribution in [3.8, 4) is 5.75 Å². The van der Waals surface area contributed by atoms with Crippen molar-refractivity contribution in [2.24, 2.45) is 0 Å². The second kappa shape index (κ2) is 8.91. The van der Waals surface area contributed by atoms with Crippen LogP contribution in [0.1, 0.15) is 16.7 Å². The molecule has 0 saturated carbocycles. The Morgan fingerprint density at radius 3 is 1.92 bits per heavy atom. The van der Waals surface area contributed by atoms with Crippen LogP contribution in [0.25, 0.3) is 0 Å². The van der Waals surface area contributed by atoms with E-state index < -0.39 is 0 Å². The summed E-state index contributed by atoms with van der Waals surface area (Å²) in [6, 6.07) is 23.6. The van der Waals surface area contributed by atoms with E-state index in [1.165, 1.54) is 5.56 Å². The van der Waals surface area contributed by atoms with Crippen molar-refractivity contribution < 1.29 is 4.74 Å². The summed E-state index contributed by atoms with van der Waals surface area (Å²) in [5.41, 5.74) is 3.27. The van der Waals surface area contributed by atoms with Crippen LogP contribution in [0, 0.1) is 0 Å². The molecule has 0 spiro atoms. The van der Waals surface area contributed by atoms with Crippen LogP contribution in [0.5, 0.6) is 5.75 Å². The van der Waals surface area contributed by atoms with E-state index in [0.717, 1.165) is 40.0 Å². The fourth-order valence-electron chi connectivity index (χ4n) is 2.46. The predicted octanol–water partition coefficient (Wildman–Crippen LogP) is 5.86. The number of hydrogen-bond acceptors (Lipinski definition) is 2. The normalized spacial score (nSPS) is 10.6. The summed E-state index contributed by atoms with van der Waals surface area (Å²) in [6.07, 6.45) is 0. The maximum Gasteiger partial charge on any atom is 0.119 e. The first-order valence-corrected chi connectivity index (χ1v) is 8.87. The quantitative estimate of drug-likeness (QED) is 0.561. The lowest BCUT2D eigenvalue weighted by molar-refractivity contribution is 0.306. The molecule has 2 nitrogen and oxygen atoms in total. The Hall–Kier alpha value is -2.00. The zero-order valence-corrected chi connectivity index (χ0v) is 15.2. The maximum atomic E-state index is 6.16. The van der Waals surface area contributed by atoms with Crippen molar-refractivity contribution in [3.63, 3.8) is 0 Å². The molecule has 0 bridgehead atoms. The Bertz CT molecular complexity index is 818. The molecule has 25 heavy (non-hydrogen) atoms. The van der Waals surface area contributed by atoms with Gasteiger partial charge in [0.2, 0.25) is 0 Å². The van der Waals surface area contributed by atoms with Gasteiger partial charge in [-0.25, -0.2) is 0 Å². The number of nitrogens with one attached hydrogen (secondary N) is 1. The van der Waals surface area contributed by atoms with Gasteiger partial charge < -0.3 is 10.1 Å². The fourth-order valence-corrected chi connectivity index (χ4v) is 2.86. The van der Waals surface area contributed by atoms with Gasteiger partial charge in [-0.05, 0) is 35.4 Å². The minimum atomic E-state index is 0.462. The lowest BCUT2D eigenvalue weighted by atomic mass is 10.2. The van der Waals surface area contributed by atoms with Crippen molar-refractivity contribution in [2.45, 2.75) is 19.7 Å². The summed E-state index contributed by atoms with van der Waals surface area (Å²) >= 11 is 12.3. The van der Waals surface area contributed by atoms with Crippen LogP contribution >= 0.6 is 23.2 Å². The van der Waals surface area contributed by atoms with Gasteiger partial charge in [-0.1, -0.05) is 71.7 Å².